The molecule has 18 heavy (non-hydrogen) atoms. The Morgan fingerprint density at radius 1 is 1.28 bits per heavy atom. The zero-order valence-electron chi connectivity index (χ0n) is 9.67. The Morgan fingerprint density at radius 3 is 2.72 bits per heavy atom. The van der Waals surface area contributed by atoms with Gasteiger partial charge in [-0.1, -0.05) is 23.7 Å². The third-order valence-corrected chi connectivity index (χ3v) is 2.71. The van der Waals surface area contributed by atoms with E-state index in [2.05, 4.69) is 16.3 Å². The zero-order valence-corrected chi connectivity index (χ0v) is 10.4. The van der Waals surface area contributed by atoms with Crippen LogP contribution in [0.15, 0.2) is 36.4 Å². The number of nitriles is 1. The summed E-state index contributed by atoms with van der Waals surface area (Å²) in [6, 6.07) is 12.8. The Morgan fingerprint density at radius 2 is 2.11 bits per heavy atom. The summed E-state index contributed by atoms with van der Waals surface area (Å²) in [4.78, 5) is 0. The lowest BCUT2D eigenvalue weighted by atomic mass is 9.97. The average molecular weight is 260 g/mol. The van der Waals surface area contributed by atoms with Gasteiger partial charge in [0, 0.05) is 0 Å². The van der Waals surface area contributed by atoms with Crippen molar-refractivity contribution in [1.29, 1.82) is 5.26 Å². The average Bonchev–Trinajstić information content (AvgIpc) is 2.42. The minimum atomic E-state index is -0.482. The third kappa shape index (κ3) is 2.58. The lowest BCUT2D eigenvalue weighted by molar-refractivity contribution is 0.414. The SMILES string of the molecule is COc1cccc(C(C#N)c2ccc(Cl)nn2)c1. The second kappa shape index (κ2) is 5.48. The minimum Gasteiger partial charge on any atom is -0.497 e. The van der Waals surface area contributed by atoms with Crippen LogP contribution in [0, 0.1) is 11.3 Å². The van der Waals surface area contributed by atoms with Crippen LogP contribution in [-0.4, -0.2) is 17.3 Å². The Kier molecular flexibility index (Phi) is 3.75. The minimum absolute atomic E-state index is 0.307. The van der Waals surface area contributed by atoms with Crippen LogP contribution in [0.3, 0.4) is 0 Å². The number of benzene rings is 1. The van der Waals surface area contributed by atoms with Crippen molar-refractivity contribution >= 4 is 11.6 Å². The Labute approximate surface area is 110 Å². The normalized spacial score (nSPS) is 11.6. The van der Waals surface area contributed by atoms with Crippen molar-refractivity contribution in [3.8, 4) is 11.8 Å². The largest absolute Gasteiger partial charge is 0.497 e. The molecule has 2 rings (SSSR count). The van der Waals surface area contributed by atoms with Crippen molar-refractivity contribution in [3.63, 3.8) is 0 Å². The molecule has 0 fully saturated rings. The van der Waals surface area contributed by atoms with Gasteiger partial charge in [0.2, 0.25) is 0 Å². The summed E-state index contributed by atoms with van der Waals surface area (Å²) in [7, 11) is 1.59. The third-order valence-electron chi connectivity index (χ3n) is 2.50. The van der Waals surface area contributed by atoms with E-state index in [-0.39, 0.29) is 0 Å². The summed E-state index contributed by atoms with van der Waals surface area (Å²) >= 11 is 5.68. The van der Waals surface area contributed by atoms with Crippen molar-refractivity contribution in [2.75, 3.05) is 7.11 Å². The molecule has 0 amide bonds. The molecule has 1 unspecified atom stereocenters. The lowest BCUT2D eigenvalue weighted by Crippen LogP contribution is -2.02. The van der Waals surface area contributed by atoms with Crippen LogP contribution >= 0.6 is 11.6 Å². The van der Waals surface area contributed by atoms with Gasteiger partial charge in [-0.2, -0.15) is 10.4 Å². The van der Waals surface area contributed by atoms with E-state index in [1.807, 2.05) is 24.3 Å². The number of hydrogen-bond donors (Lipinski definition) is 0. The van der Waals surface area contributed by atoms with E-state index in [0.717, 1.165) is 5.56 Å². The number of ether oxygens (including phenoxy) is 1. The van der Waals surface area contributed by atoms with Gasteiger partial charge in [-0.3, -0.25) is 0 Å². The molecule has 1 atom stereocenters. The molecule has 0 aliphatic heterocycles. The molecule has 4 nitrogen and oxygen atoms in total. The summed E-state index contributed by atoms with van der Waals surface area (Å²) in [5.74, 6) is 0.222. The topological polar surface area (TPSA) is 58.8 Å². The van der Waals surface area contributed by atoms with E-state index in [0.29, 0.717) is 16.6 Å². The highest BCUT2D eigenvalue weighted by atomic mass is 35.5. The fourth-order valence-electron chi connectivity index (χ4n) is 1.61. The van der Waals surface area contributed by atoms with Crippen LogP contribution in [0.5, 0.6) is 5.75 Å². The second-order valence-electron chi connectivity index (χ2n) is 3.62. The number of hydrogen-bond acceptors (Lipinski definition) is 4. The molecule has 0 N–H and O–H groups in total. The van der Waals surface area contributed by atoms with Gasteiger partial charge in [0.25, 0.3) is 0 Å². The highest BCUT2D eigenvalue weighted by Gasteiger charge is 2.16. The molecular formula is C13H10ClN3O. The van der Waals surface area contributed by atoms with Crippen molar-refractivity contribution in [1.82, 2.24) is 10.2 Å². The van der Waals surface area contributed by atoms with Crippen LogP contribution in [0.4, 0.5) is 0 Å². The van der Waals surface area contributed by atoms with Gasteiger partial charge in [0.05, 0.1) is 18.9 Å². The summed E-state index contributed by atoms with van der Waals surface area (Å²) in [6.07, 6.45) is 0. The molecule has 1 aromatic carbocycles. The molecule has 0 aliphatic carbocycles. The molecule has 0 bridgehead atoms. The number of aromatic nitrogens is 2. The van der Waals surface area contributed by atoms with E-state index in [1.54, 1.807) is 19.2 Å². The van der Waals surface area contributed by atoms with Crippen molar-refractivity contribution in [2.45, 2.75) is 5.92 Å². The number of rotatable bonds is 3. The van der Waals surface area contributed by atoms with Crippen LogP contribution in [0.1, 0.15) is 17.2 Å². The maximum absolute atomic E-state index is 9.27. The Balaban J connectivity index is 2.39. The first kappa shape index (κ1) is 12.3. The molecular weight excluding hydrogens is 250 g/mol. The Hall–Kier alpha value is -2.12. The summed E-state index contributed by atoms with van der Waals surface area (Å²) in [6.45, 7) is 0. The maximum atomic E-state index is 9.27. The van der Waals surface area contributed by atoms with Gasteiger partial charge >= 0.3 is 0 Å². The lowest BCUT2D eigenvalue weighted by Gasteiger charge is -2.09. The van der Waals surface area contributed by atoms with Crippen LogP contribution in [-0.2, 0) is 0 Å². The van der Waals surface area contributed by atoms with Crippen molar-refractivity contribution in [2.24, 2.45) is 0 Å². The van der Waals surface area contributed by atoms with Gasteiger partial charge < -0.3 is 4.74 Å². The molecule has 5 heteroatoms. The maximum Gasteiger partial charge on any atom is 0.151 e. The van der Waals surface area contributed by atoms with Gasteiger partial charge in [-0.25, -0.2) is 0 Å². The quantitative estimate of drug-likeness (QED) is 0.850. The molecule has 0 saturated heterocycles. The molecule has 2 aromatic rings. The molecule has 90 valence electrons. The fraction of sp³-hybridized carbons (Fsp3) is 0.154. The number of halogens is 1. The smallest absolute Gasteiger partial charge is 0.151 e. The molecule has 0 aliphatic rings. The van der Waals surface area contributed by atoms with E-state index in [1.165, 1.54) is 0 Å². The highest BCUT2D eigenvalue weighted by Crippen LogP contribution is 2.25. The molecule has 0 saturated carbocycles. The van der Waals surface area contributed by atoms with E-state index >= 15 is 0 Å². The van der Waals surface area contributed by atoms with Gasteiger partial charge in [-0.15, -0.1) is 5.10 Å². The second-order valence-corrected chi connectivity index (χ2v) is 4.01. The first-order valence-electron chi connectivity index (χ1n) is 5.27. The predicted octanol–water partition coefficient (Wildman–Crippen LogP) is 2.79. The zero-order chi connectivity index (χ0) is 13.0. The molecule has 1 aromatic heterocycles. The van der Waals surface area contributed by atoms with E-state index in [9.17, 15) is 5.26 Å². The first-order valence-corrected chi connectivity index (χ1v) is 5.65. The number of nitrogens with zero attached hydrogens (tertiary/aromatic N) is 3. The summed E-state index contributed by atoms with van der Waals surface area (Å²) < 4.78 is 5.14. The van der Waals surface area contributed by atoms with Crippen LogP contribution in [0.2, 0.25) is 5.15 Å². The van der Waals surface area contributed by atoms with Gasteiger partial charge in [0.15, 0.2) is 5.15 Å². The van der Waals surface area contributed by atoms with Gasteiger partial charge in [-0.05, 0) is 29.8 Å². The number of methoxy groups -OCH3 is 1. The fourth-order valence-corrected chi connectivity index (χ4v) is 1.71. The summed E-state index contributed by atoms with van der Waals surface area (Å²) in [5.41, 5.74) is 1.38. The van der Waals surface area contributed by atoms with E-state index in [4.69, 9.17) is 16.3 Å². The predicted molar refractivity (Wildman–Crippen MR) is 67.5 cm³/mol. The summed E-state index contributed by atoms with van der Waals surface area (Å²) in [5, 5.41) is 17.3. The molecule has 1 heterocycles. The van der Waals surface area contributed by atoms with Gasteiger partial charge in [0.1, 0.15) is 11.7 Å². The molecule has 0 radical (unpaired) electrons. The van der Waals surface area contributed by atoms with Crippen LogP contribution < -0.4 is 4.74 Å². The van der Waals surface area contributed by atoms with E-state index < -0.39 is 5.92 Å². The first-order chi connectivity index (χ1) is 8.74. The van der Waals surface area contributed by atoms with Crippen LogP contribution in [0.25, 0.3) is 0 Å². The standard InChI is InChI=1S/C13H10ClN3O/c1-18-10-4-2-3-9(7-10)11(8-15)12-5-6-13(14)17-16-12/h2-7,11H,1H3. The monoisotopic (exact) mass is 259 g/mol. The Bertz CT molecular complexity index is 578. The van der Waals surface area contributed by atoms with Crippen molar-refractivity contribution in [3.05, 3.63) is 52.8 Å². The van der Waals surface area contributed by atoms with Crippen molar-refractivity contribution < 1.29 is 4.74 Å². The highest BCUT2D eigenvalue weighted by molar-refractivity contribution is 6.29. The molecule has 0 spiro atoms.